The van der Waals surface area contributed by atoms with Crippen molar-refractivity contribution in [2.75, 3.05) is 19.0 Å². The summed E-state index contributed by atoms with van der Waals surface area (Å²) >= 11 is 5.72. The summed E-state index contributed by atoms with van der Waals surface area (Å²) < 4.78 is 0. The van der Waals surface area contributed by atoms with E-state index in [1.54, 1.807) is 6.20 Å². The molecule has 0 spiro atoms. The highest BCUT2D eigenvalue weighted by molar-refractivity contribution is 6.29. The van der Waals surface area contributed by atoms with E-state index in [-0.39, 0.29) is 6.15 Å². The summed E-state index contributed by atoms with van der Waals surface area (Å²) in [4.78, 5) is 22.2. The molecule has 0 radical (unpaired) electrons. The van der Waals surface area contributed by atoms with Crippen LogP contribution in [0.2, 0.25) is 5.15 Å². The van der Waals surface area contributed by atoms with Crippen molar-refractivity contribution < 1.29 is 9.59 Å². The predicted octanol–water partition coefficient (Wildman–Crippen LogP) is 1.53. The molecule has 1 heterocycles. The standard InChI is InChI=1S/C8H11ClN2.CO2/c1-6-5-10-8(9)4-7(6)11(2)3;2-1-3/h4-5H,1-3H3;. The number of anilines is 1. The fourth-order valence-corrected chi connectivity index (χ4v) is 1.12. The Morgan fingerprint density at radius 3 is 2.29 bits per heavy atom. The highest BCUT2D eigenvalue weighted by atomic mass is 35.5. The topological polar surface area (TPSA) is 50.3 Å². The summed E-state index contributed by atoms with van der Waals surface area (Å²) in [5.41, 5.74) is 2.25. The third-order valence-corrected chi connectivity index (χ3v) is 1.73. The maximum atomic E-state index is 8.12. The van der Waals surface area contributed by atoms with Crippen LogP contribution < -0.4 is 4.90 Å². The molecule has 1 aromatic heterocycles. The summed E-state index contributed by atoms with van der Waals surface area (Å²) in [6, 6.07) is 1.86. The van der Waals surface area contributed by atoms with Crippen LogP contribution >= 0.6 is 11.6 Å². The van der Waals surface area contributed by atoms with Crippen LogP contribution in [0.25, 0.3) is 0 Å². The van der Waals surface area contributed by atoms with Crippen LogP contribution in [0.3, 0.4) is 0 Å². The molecule has 14 heavy (non-hydrogen) atoms. The number of aryl methyl sites for hydroxylation is 1. The molecule has 0 saturated carbocycles. The number of rotatable bonds is 1. The second-order valence-corrected chi connectivity index (χ2v) is 3.16. The zero-order valence-electron chi connectivity index (χ0n) is 8.24. The first-order valence-electron chi connectivity index (χ1n) is 3.81. The van der Waals surface area contributed by atoms with Gasteiger partial charge in [-0.2, -0.15) is 9.59 Å². The van der Waals surface area contributed by atoms with E-state index in [0.29, 0.717) is 5.15 Å². The number of nitrogens with zero attached hydrogens (tertiary/aromatic N) is 2. The lowest BCUT2D eigenvalue weighted by atomic mass is 10.2. The molecule has 0 aliphatic heterocycles. The van der Waals surface area contributed by atoms with Crippen molar-refractivity contribution in [2.45, 2.75) is 6.92 Å². The van der Waals surface area contributed by atoms with Crippen LogP contribution in [0.15, 0.2) is 12.3 Å². The van der Waals surface area contributed by atoms with Gasteiger partial charge in [-0.3, -0.25) is 0 Å². The van der Waals surface area contributed by atoms with Crippen LogP contribution in [0.5, 0.6) is 0 Å². The van der Waals surface area contributed by atoms with Crippen molar-refractivity contribution in [1.29, 1.82) is 0 Å². The molecule has 1 rings (SSSR count). The van der Waals surface area contributed by atoms with E-state index < -0.39 is 0 Å². The lowest BCUT2D eigenvalue weighted by molar-refractivity contribution is -0.191. The predicted molar refractivity (Wildman–Crippen MR) is 53.3 cm³/mol. The van der Waals surface area contributed by atoms with Gasteiger partial charge in [0.25, 0.3) is 0 Å². The lowest BCUT2D eigenvalue weighted by Gasteiger charge is -2.14. The highest BCUT2D eigenvalue weighted by Gasteiger charge is 2.00. The minimum atomic E-state index is 0.250. The van der Waals surface area contributed by atoms with E-state index in [4.69, 9.17) is 21.2 Å². The van der Waals surface area contributed by atoms with Crippen molar-refractivity contribution in [3.63, 3.8) is 0 Å². The molecule has 0 bridgehead atoms. The van der Waals surface area contributed by atoms with Crippen molar-refractivity contribution in [1.82, 2.24) is 4.98 Å². The molecule has 4 nitrogen and oxygen atoms in total. The zero-order valence-corrected chi connectivity index (χ0v) is 9.00. The van der Waals surface area contributed by atoms with Gasteiger partial charge < -0.3 is 4.90 Å². The minimum Gasteiger partial charge on any atom is -0.377 e. The number of carbonyl (C=O) groups excluding carboxylic acids is 2. The van der Waals surface area contributed by atoms with E-state index in [9.17, 15) is 0 Å². The van der Waals surface area contributed by atoms with Gasteiger partial charge in [-0.05, 0) is 18.6 Å². The Bertz CT molecular complexity index is 334. The van der Waals surface area contributed by atoms with Gasteiger partial charge in [0, 0.05) is 26.0 Å². The van der Waals surface area contributed by atoms with Crippen molar-refractivity contribution >= 4 is 23.4 Å². The maximum Gasteiger partial charge on any atom is 0.373 e. The molecule has 1 aromatic rings. The smallest absolute Gasteiger partial charge is 0.373 e. The molecule has 0 amide bonds. The van der Waals surface area contributed by atoms with Crippen molar-refractivity contribution in [3.05, 3.63) is 23.0 Å². The first kappa shape index (κ1) is 12.6. The van der Waals surface area contributed by atoms with Crippen LogP contribution in [0.4, 0.5) is 5.69 Å². The van der Waals surface area contributed by atoms with Gasteiger partial charge in [0.05, 0.1) is 0 Å². The monoisotopic (exact) mass is 214 g/mol. The first-order chi connectivity index (χ1) is 6.52. The number of pyridine rings is 1. The largest absolute Gasteiger partial charge is 0.377 e. The van der Waals surface area contributed by atoms with E-state index >= 15 is 0 Å². The van der Waals surface area contributed by atoms with Crippen molar-refractivity contribution in [3.8, 4) is 0 Å². The molecule has 0 saturated heterocycles. The number of halogens is 1. The van der Waals surface area contributed by atoms with Gasteiger partial charge >= 0.3 is 6.15 Å². The van der Waals surface area contributed by atoms with Crippen LogP contribution in [-0.2, 0) is 9.59 Å². The van der Waals surface area contributed by atoms with Crippen LogP contribution in [-0.4, -0.2) is 25.2 Å². The normalized spacial score (nSPS) is 8.29. The van der Waals surface area contributed by atoms with Crippen LogP contribution in [0.1, 0.15) is 5.56 Å². The number of hydrogen-bond acceptors (Lipinski definition) is 4. The molecule has 0 aliphatic rings. The third-order valence-electron chi connectivity index (χ3n) is 1.52. The summed E-state index contributed by atoms with van der Waals surface area (Å²) in [5.74, 6) is 0. The number of hydrogen-bond donors (Lipinski definition) is 0. The van der Waals surface area contributed by atoms with Gasteiger partial charge in [0.15, 0.2) is 0 Å². The minimum absolute atomic E-state index is 0.250. The second kappa shape index (κ2) is 6.13. The summed E-state index contributed by atoms with van der Waals surface area (Å²) in [6.45, 7) is 2.01. The van der Waals surface area contributed by atoms with Gasteiger partial charge in [0.2, 0.25) is 0 Å². The Hall–Kier alpha value is -1.38. The lowest BCUT2D eigenvalue weighted by Crippen LogP contribution is -2.10. The van der Waals surface area contributed by atoms with E-state index in [0.717, 1.165) is 11.3 Å². The van der Waals surface area contributed by atoms with Gasteiger partial charge in [-0.25, -0.2) is 4.98 Å². The van der Waals surface area contributed by atoms with E-state index in [2.05, 4.69) is 4.98 Å². The molecular weight excluding hydrogens is 204 g/mol. The Kier molecular flexibility index (Phi) is 5.53. The van der Waals surface area contributed by atoms with Gasteiger partial charge in [-0.1, -0.05) is 11.6 Å². The van der Waals surface area contributed by atoms with Crippen molar-refractivity contribution in [2.24, 2.45) is 0 Å². The molecule has 5 heteroatoms. The summed E-state index contributed by atoms with van der Waals surface area (Å²) in [5, 5.41) is 0.541. The zero-order chi connectivity index (χ0) is 11.1. The summed E-state index contributed by atoms with van der Waals surface area (Å²) in [7, 11) is 3.97. The fourth-order valence-electron chi connectivity index (χ4n) is 0.970. The average Bonchev–Trinajstić information content (AvgIpc) is 2.10. The van der Waals surface area contributed by atoms with Crippen LogP contribution in [0, 0.1) is 6.92 Å². The first-order valence-corrected chi connectivity index (χ1v) is 4.19. The molecule has 0 N–H and O–H groups in total. The Morgan fingerprint density at radius 2 is 1.93 bits per heavy atom. The SMILES string of the molecule is Cc1cnc(Cl)cc1N(C)C.O=C=O. The molecule has 0 atom stereocenters. The van der Waals surface area contributed by atoms with Gasteiger partial charge in [0.1, 0.15) is 5.15 Å². The number of aromatic nitrogens is 1. The second-order valence-electron chi connectivity index (χ2n) is 2.77. The fraction of sp³-hybridized carbons (Fsp3) is 0.333. The highest BCUT2D eigenvalue weighted by Crippen LogP contribution is 2.19. The molecule has 0 aromatic carbocycles. The quantitative estimate of drug-likeness (QED) is 0.666. The summed E-state index contributed by atoms with van der Waals surface area (Å²) in [6.07, 6.45) is 2.03. The van der Waals surface area contributed by atoms with E-state index in [1.165, 1.54) is 0 Å². The molecule has 76 valence electrons. The third kappa shape index (κ3) is 4.03. The van der Waals surface area contributed by atoms with E-state index in [1.807, 2.05) is 32.0 Å². The average molecular weight is 215 g/mol. The Balaban J connectivity index is 0.000000500. The molecule has 0 aliphatic carbocycles. The Labute approximate surface area is 87.5 Å². The molecular formula is C9H11ClN2O2. The molecule has 0 unspecified atom stereocenters. The Morgan fingerprint density at radius 1 is 1.43 bits per heavy atom. The van der Waals surface area contributed by atoms with Gasteiger partial charge in [-0.15, -0.1) is 0 Å². The maximum absolute atomic E-state index is 8.12. The molecule has 0 fully saturated rings.